The number of imide groups is 2. The van der Waals surface area contributed by atoms with Crippen LogP contribution in [0.5, 0.6) is 11.5 Å². The highest BCUT2D eigenvalue weighted by atomic mass is 16.6. The Labute approximate surface area is 190 Å². The Morgan fingerprint density at radius 3 is 2.48 bits per heavy atom. The lowest BCUT2D eigenvalue weighted by atomic mass is 10.1. The molecule has 2 aromatic carbocycles. The van der Waals surface area contributed by atoms with Crippen molar-refractivity contribution in [3.05, 3.63) is 59.2 Å². The maximum Gasteiger partial charge on any atom is 0.344 e. The third-order valence-corrected chi connectivity index (χ3v) is 4.59. The summed E-state index contributed by atoms with van der Waals surface area (Å²) in [4.78, 5) is 50.3. The van der Waals surface area contributed by atoms with Crippen LogP contribution in [0.4, 0.5) is 10.5 Å². The van der Waals surface area contributed by atoms with Crippen LogP contribution in [0.1, 0.15) is 25.0 Å². The maximum atomic E-state index is 13.0. The van der Waals surface area contributed by atoms with E-state index in [-0.39, 0.29) is 18.8 Å². The van der Waals surface area contributed by atoms with Crippen molar-refractivity contribution in [1.29, 1.82) is 0 Å². The molecule has 9 nitrogen and oxygen atoms in total. The summed E-state index contributed by atoms with van der Waals surface area (Å²) in [6.45, 7) is 5.59. The van der Waals surface area contributed by atoms with E-state index >= 15 is 0 Å². The number of carbonyl (C=O) groups excluding carboxylic acids is 4. The molecule has 33 heavy (non-hydrogen) atoms. The lowest BCUT2D eigenvalue weighted by Crippen LogP contribution is -2.54. The first-order chi connectivity index (χ1) is 15.8. The number of amides is 4. The van der Waals surface area contributed by atoms with Gasteiger partial charge in [0.1, 0.15) is 5.57 Å². The molecular formula is C24H24N2O7. The fourth-order valence-corrected chi connectivity index (χ4v) is 3.17. The summed E-state index contributed by atoms with van der Waals surface area (Å²) in [6.07, 6.45) is 1.37. The predicted octanol–water partition coefficient (Wildman–Crippen LogP) is 3.00. The minimum absolute atomic E-state index is 0.209. The monoisotopic (exact) mass is 452 g/mol. The molecule has 0 radical (unpaired) electrons. The van der Waals surface area contributed by atoms with Crippen LogP contribution < -0.4 is 19.7 Å². The molecule has 2 aromatic rings. The Bertz CT molecular complexity index is 1120. The van der Waals surface area contributed by atoms with Gasteiger partial charge < -0.3 is 14.2 Å². The zero-order valence-corrected chi connectivity index (χ0v) is 18.5. The van der Waals surface area contributed by atoms with Crippen molar-refractivity contribution in [2.45, 2.75) is 20.8 Å². The molecule has 4 amide bonds. The molecule has 0 bridgehead atoms. The Morgan fingerprint density at radius 2 is 1.79 bits per heavy atom. The Kier molecular flexibility index (Phi) is 7.45. The molecule has 3 rings (SSSR count). The highest BCUT2D eigenvalue weighted by Crippen LogP contribution is 2.30. The summed E-state index contributed by atoms with van der Waals surface area (Å²) < 4.78 is 15.9. The standard InChI is InChI=1S/C24H24N2O7/c1-4-31-20-13-16(9-10-19(20)33-14-21(27)32-5-2)12-18-22(28)25-24(30)26(23(18)29)17-8-6-7-15(3)11-17/h6-13H,4-5,14H2,1-3H3,(H,25,28,30)/b18-12+. The van der Waals surface area contributed by atoms with Gasteiger partial charge in [-0.05, 0) is 62.2 Å². The highest BCUT2D eigenvalue weighted by molar-refractivity contribution is 6.39. The van der Waals surface area contributed by atoms with Gasteiger partial charge in [0, 0.05) is 0 Å². The first-order valence-corrected chi connectivity index (χ1v) is 10.4. The van der Waals surface area contributed by atoms with E-state index in [0.29, 0.717) is 29.4 Å². The molecule has 0 saturated carbocycles. The number of hydrogen-bond donors (Lipinski definition) is 1. The molecule has 0 aromatic heterocycles. The van der Waals surface area contributed by atoms with Crippen molar-refractivity contribution in [2.75, 3.05) is 24.7 Å². The lowest BCUT2D eigenvalue weighted by Gasteiger charge is -2.26. The van der Waals surface area contributed by atoms with Gasteiger partial charge in [-0.25, -0.2) is 14.5 Å². The summed E-state index contributed by atoms with van der Waals surface area (Å²) >= 11 is 0. The van der Waals surface area contributed by atoms with E-state index in [0.717, 1.165) is 10.5 Å². The van der Waals surface area contributed by atoms with Crippen LogP contribution in [0.25, 0.3) is 6.08 Å². The lowest BCUT2D eigenvalue weighted by molar-refractivity contribution is -0.145. The fourth-order valence-electron chi connectivity index (χ4n) is 3.17. The first-order valence-electron chi connectivity index (χ1n) is 10.4. The van der Waals surface area contributed by atoms with Crippen LogP contribution in [0.3, 0.4) is 0 Å². The number of ether oxygens (including phenoxy) is 3. The van der Waals surface area contributed by atoms with Crippen molar-refractivity contribution in [3.8, 4) is 11.5 Å². The number of nitrogens with zero attached hydrogens (tertiary/aromatic N) is 1. The van der Waals surface area contributed by atoms with Gasteiger partial charge in [-0.2, -0.15) is 0 Å². The molecule has 9 heteroatoms. The molecule has 0 spiro atoms. The first kappa shape index (κ1) is 23.5. The van der Waals surface area contributed by atoms with Gasteiger partial charge >= 0.3 is 12.0 Å². The molecule has 0 unspecified atom stereocenters. The number of anilines is 1. The van der Waals surface area contributed by atoms with Gasteiger partial charge in [0.05, 0.1) is 18.9 Å². The molecule has 1 N–H and O–H groups in total. The van der Waals surface area contributed by atoms with Crippen molar-refractivity contribution < 1.29 is 33.4 Å². The molecule has 1 heterocycles. The zero-order chi connectivity index (χ0) is 24.0. The molecule has 1 fully saturated rings. The topological polar surface area (TPSA) is 111 Å². The fraction of sp³-hybridized carbons (Fsp3) is 0.250. The van der Waals surface area contributed by atoms with Crippen LogP contribution in [0.15, 0.2) is 48.0 Å². The Morgan fingerprint density at radius 1 is 1.00 bits per heavy atom. The number of urea groups is 1. The van der Waals surface area contributed by atoms with Gasteiger partial charge in [-0.3, -0.25) is 14.9 Å². The van der Waals surface area contributed by atoms with Gasteiger partial charge in [-0.1, -0.05) is 18.2 Å². The van der Waals surface area contributed by atoms with E-state index in [9.17, 15) is 19.2 Å². The third kappa shape index (κ3) is 5.57. The Balaban J connectivity index is 1.90. The molecule has 0 aliphatic carbocycles. The van der Waals surface area contributed by atoms with Crippen molar-refractivity contribution in [3.63, 3.8) is 0 Å². The SMILES string of the molecule is CCOC(=O)COc1ccc(/C=C2\C(=O)NC(=O)N(c3cccc(C)c3)C2=O)cc1OCC. The predicted molar refractivity (Wildman–Crippen MR) is 120 cm³/mol. The van der Waals surface area contributed by atoms with Crippen LogP contribution in [-0.4, -0.2) is 43.6 Å². The van der Waals surface area contributed by atoms with E-state index in [1.807, 2.05) is 13.0 Å². The van der Waals surface area contributed by atoms with Crippen LogP contribution >= 0.6 is 0 Å². The number of benzene rings is 2. The summed E-state index contributed by atoms with van der Waals surface area (Å²) in [5.41, 5.74) is 1.47. The molecule has 1 aliphatic rings. The van der Waals surface area contributed by atoms with Crippen molar-refractivity contribution >= 4 is 35.6 Å². The average molecular weight is 452 g/mol. The van der Waals surface area contributed by atoms with E-state index in [4.69, 9.17) is 14.2 Å². The van der Waals surface area contributed by atoms with Crippen LogP contribution in [-0.2, 0) is 19.1 Å². The highest BCUT2D eigenvalue weighted by Gasteiger charge is 2.36. The van der Waals surface area contributed by atoms with Crippen molar-refractivity contribution in [1.82, 2.24) is 5.32 Å². The number of barbiturate groups is 1. The third-order valence-electron chi connectivity index (χ3n) is 4.59. The van der Waals surface area contributed by atoms with E-state index < -0.39 is 23.8 Å². The summed E-state index contributed by atoms with van der Waals surface area (Å²) in [5.74, 6) is -1.42. The molecule has 1 saturated heterocycles. The van der Waals surface area contributed by atoms with Crippen molar-refractivity contribution in [2.24, 2.45) is 0 Å². The second-order valence-electron chi connectivity index (χ2n) is 7.03. The largest absolute Gasteiger partial charge is 0.490 e. The van der Waals surface area contributed by atoms with Crippen LogP contribution in [0.2, 0.25) is 0 Å². The van der Waals surface area contributed by atoms with E-state index in [1.54, 1.807) is 50.2 Å². The summed E-state index contributed by atoms with van der Waals surface area (Å²) in [6, 6.07) is 10.8. The Hall–Kier alpha value is -4.14. The van der Waals surface area contributed by atoms with Gasteiger partial charge in [-0.15, -0.1) is 0 Å². The second kappa shape index (κ2) is 10.4. The maximum absolute atomic E-state index is 13.0. The quantitative estimate of drug-likeness (QED) is 0.372. The average Bonchev–Trinajstić information content (AvgIpc) is 2.76. The summed E-state index contributed by atoms with van der Waals surface area (Å²) in [7, 11) is 0. The molecule has 0 atom stereocenters. The smallest absolute Gasteiger partial charge is 0.344 e. The number of hydrogen-bond acceptors (Lipinski definition) is 7. The number of esters is 1. The van der Waals surface area contributed by atoms with Crippen LogP contribution in [0, 0.1) is 6.92 Å². The molecular weight excluding hydrogens is 428 g/mol. The van der Waals surface area contributed by atoms with E-state index in [2.05, 4.69) is 5.32 Å². The minimum Gasteiger partial charge on any atom is -0.490 e. The van der Waals surface area contributed by atoms with Gasteiger partial charge in [0.15, 0.2) is 18.1 Å². The minimum atomic E-state index is -0.814. The normalized spacial score (nSPS) is 14.8. The van der Waals surface area contributed by atoms with Gasteiger partial charge in [0.25, 0.3) is 11.8 Å². The summed E-state index contributed by atoms with van der Waals surface area (Å²) in [5, 5.41) is 2.20. The molecule has 172 valence electrons. The number of carbonyl (C=O) groups is 4. The molecule has 1 aliphatic heterocycles. The second-order valence-corrected chi connectivity index (χ2v) is 7.03. The van der Waals surface area contributed by atoms with Gasteiger partial charge in [0.2, 0.25) is 0 Å². The number of rotatable bonds is 8. The number of nitrogens with one attached hydrogen (secondary N) is 1. The van der Waals surface area contributed by atoms with E-state index in [1.165, 1.54) is 6.08 Å². The zero-order valence-electron chi connectivity index (χ0n) is 18.5. The number of aryl methyl sites for hydroxylation is 1.